The first-order valence-corrected chi connectivity index (χ1v) is 5.13. The van der Waals surface area contributed by atoms with Crippen molar-refractivity contribution in [3.8, 4) is 0 Å². The summed E-state index contributed by atoms with van der Waals surface area (Å²) in [4.78, 5) is 9.94. The fourth-order valence-corrected chi connectivity index (χ4v) is 1.59. The molecular weight excluding hydrogens is 235 g/mol. The molecule has 0 heterocycles. The van der Waals surface area contributed by atoms with Crippen LogP contribution in [0.5, 0.6) is 0 Å². The third-order valence-electron chi connectivity index (χ3n) is 2.57. The van der Waals surface area contributed by atoms with Crippen molar-refractivity contribution in [3.05, 3.63) is 45.5 Å². The van der Waals surface area contributed by atoms with Gasteiger partial charge in [0.2, 0.25) is 6.54 Å². The van der Waals surface area contributed by atoms with E-state index in [2.05, 4.69) is 0 Å². The number of benzene rings is 1. The van der Waals surface area contributed by atoms with Crippen molar-refractivity contribution < 1.29 is 18.1 Å². The van der Waals surface area contributed by atoms with Crippen LogP contribution in [-0.2, 0) is 6.18 Å². The van der Waals surface area contributed by atoms with E-state index in [1.54, 1.807) is 6.92 Å². The van der Waals surface area contributed by atoms with Crippen LogP contribution in [-0.4, -0.2) is 11.5 Å². The van der Waals surface area contributed by atoms with Gasteiger partial charge in [0.25, 0.3) is 0 Å². The number of alkyl halides is 3. The lowest BCUT2D eigenvalue weighted by atomic mass is 9.95. The third kappa shape index (κ3) is 3.72. The van der Waals surface area contributed by atoms with Crippen LogP contribution in [0.1, 0.15) is 30.4 Å². The number of hydrogen-bond acceptors (Lipinski definition) is 2. The summed E-state index contributed by atoms with van der Waals surface area (Å²) in [5, 5.41) is 10.4. The average molecular weight is 247 g/mol. The van der Waals surface area contributed by atoms with Gasteiger partial charge in [0.1, 0.15) is 0 Å². The van der Waals surface area contributed by atoms with Gasteiger partial charge < -0.3 is 0 Å². The number of hydrogen-bond donors (Lipinski definition) is 0. The molecule has 0 bridgehead atoms. The maximum absolute atomic E-state index is 12.3. The summed E-state index contributed by atoms with van der Waals surface area (Å²) in [6.07, 6.45) is -3.85. The molecule has 1 aromatic carbocycles. The van der Waals surface area contributed by atoms with Crippen LogP contribution in [0, 0.1) is 10.1 Å². The predicted molar refractivity (Wildman–Crippen MR) is 56.3 cm³/mol. The Kier molecular flexibility index (Phi) is 4.09. The molecule has 0 saturated carbocycles. The highest BCUT2D eigenvalue weighted by Crippen LogP contribution is 2.30. The predicted octanol–water partition coefficient (Wildman–Crippen LogP) is 3.48. The van der Waals surface area contributed by atoms with E-state index in [1.807, 2.05) is 0 Å². The summed E-state index contributed by atoms with van der Waals surface area (Å²) in [5.41, 5.74) is -0.172. The van der Waals surface area contributed by atoms with Gasteiger partial charge in [0.05, 0.1) is 5.56 Å². The first-order chi connectivity index (χ1) is 7.84. The number of nitrogens with zero attached hydrogens (tertiary/aromatic N) is 1. The van der Waals surface area contributed by atoms with Crippen LogP contribution in [0.3, 0.4) is 0 Å². The Labute approximate surface area is 96.4 Å². The van der Waals surface area contributed by atoms with Crippen molar-refractivity contribution in [3.63, 3.8) is 0 Å². The van der Waals surface area contributed by atoms with Crippen molar-refractivity contribution in [2.45, 2.75) is 25.4 Å². The van der Waals surface area contributed by atoms with E-state index in [0.29, 0.717) is 12.0 Å². The smallest absolute Gasteiger partial charge is 0.265 e. The zero-order valence-corrected chi connectivity index (χ0v) is 9.20. The standard InChI is InChI=1S/C11H12F3NO2/c1-2-8(7-15(16)17)9-3-5-10(6-4-9)11(12,13)14/h3-6,8H,2,7H2,1H3. The van der Waals surface area contributed by atoms with Crippen molar-refractivity contribution in [2.24, 2.45) is 0 Å². The average Bonchev–Trinajstić information content (AvgIpc) is 2.24. The fraction of sp³-hybridized carbons (Fsp3) is 0.455. The monoisotopic (exact) mass is 247 g/mol. The topological polar surface area (TPSA) is 43.1 Å². The van der Waals surface area contributed by atoms with Crippen LogP contribution in [0.4, 0.5) is 13.2 Å². The van der Waals surface area contributed by atoms with Crippen LogP contribution >= 0.6 is 0 Å². The van der Waals surface area contributed by atoms with E-state index in [4.69, 9.17) is 0 Å². The summed E-state index contributed by atoms with van der Waals surface area (Å²) < 4.78 is 36.9. The number of rotatable bonds is 4. The molecule has 0 spiro atoms. The van der Waals surface area contributed by atoms with E-state index in [9.17, 15) is 23.3 Å². The molecule has 0 amide bonds. The van der Waals surface area contributed by atoms with Gasteiger partial charge in [0.15, 0.2) is 0 Å². The third-order valence-corrected chi connectivity index (χ3v) is 2.57. The molecule has 94 valence electrons. The summed E-state index contributed by atoms with van der Waals surface area (Å²) >= 11 is 0. The maximum atomic E-state index is 12.3. The van der Waals surface area contributed by atoms with Crippen LogP contribution < -0.4 is 0 Å². The largest absolute Gasteiger partial charge is 0.416 e. The van der Waals surface area contributed by atoms with Crippen LogP contribution in [0.15, 0.2) is 24.3 Å². The molecule has 3 nitrogen and oxygen atoms in total. The molecular formula is C11H12F3NO2. The van der Waals surface area contributed by atoms with Gasteiger partial charge in [-0.25, -0.2) is 0 Å². The lowest BCUT2D eigenvalue weighted by molar-refractivity contribution is -0.483. The molecule has 1 atom stereocenters. The zero-order valence-electron chi connectivity index (χ0n) is 9.20. The molecule has 1 rings (SSSR count). The van der Waals surface area contributed by atoms with Crippen molar-refractivity contribution in [1.29, 1.82) is 0 Å². The Morgan fingerprint density at radius 3 is 2.18 bits per heavy atom. The summed E-state index contributed by atoms with van der Waals surface area (Å²) in [7, 11) is 0. The van der Waals surface area contributed by atoms with Gasteiger partial charge in [-0.1, -0.05) is 19.1 Å². The first-order valence-electron chi connectivity index (χ1n) is 5.13. The Morgan fingerprint density at radius 1 is 1.29 bits per heavy atom. The van der Waals surface area contributed by atoms with Gasteiger partial charge >= 0.3 is 6.18 Å². The van der Waals surface area contributed by atoms with Gasteiger partial charge in [-0.05, 0) is 24.1 Å². The van der Waals surface area contributed by atoms with Gasteiger partial charge in [-0.15, -0.1) is 0 Å². The summed E-state index contributed by atoms with van der Waals surface area (Å²) in [5.74, 6) is -0.340. The lowest BCUT2D eigenvalue weighted by Gasteiger charge is -2.12. The Bertz CT molecular complexity index is 387. The first kappa shape index (κ1) is 13.5. The molecule has 0 aliphatic carbocycles. The Morgan fingerprint density at radius 2 is 1.82 bits per heavy atom. The quantitative estimate of drug-likeness (QED) is 0.604. The zero-order chi connectivity index (χ0) is 13.1. The van der Waals surface area contributed by atoms with Crippen LogP contribution in [0.25, 0.3) is 0 Å². The lowest BCUT2D eigenvalue weighted by Crippen LogP contribution is -2.12. The Balaban J connectivity index is 2.89. The second-order valence-corrected chi connectivity index (χ2v) is 3.74. The molecule has 0 radical (unpaired) electrons. The molecule has 0 N–H and O–H groups in total. The highest BCUT2D eigenvalue weighted by atomic mass is 19.4. The minimum atomic E-state index is -4.37. The van der Waals surface area contributed by atoms with E-state index >= 15 is 0 Å². The van der Waals surface area contributed by atoms with E-state index in [-0.39, 0.29) is 12.5 Å². The fourth-order valence-electron chi connectivity index (χ4n) is 1.59. The van der Waals surface area contributed by atoms with Crippen LogP contribution in [0.2, 0.25) is 0 Å². The highest BCUT2D eigenvalue weighted by molar-refractivity contribution is 5.27. The van der Waals surface area contributed by atoms with Gasteiger partial charge in [-0.3, -0.25) is 10.1 Å². The molecule has 0 saturated heterocycles. The van der Waals surface area contributed by atoms with E-state index < -0.39 is 16.7 Å². The SMILES string of the molecule is CCC(C[N+](=O)[O-])c1ccc(C(F)(F)F)cc1. The molecule has 17 heavy (non-hydrogen) atoms. The second kappa shape index (κ2) is 5.16. The molecule has 0 aliphatic rings. The summed E-state index contributed by atoms with van der Waals surface area (Å²) in [6, 6.07) is 4.52. The maximum Gasteiger partial charge on any atom is 0.416 e. The Hall–Kier alpha value is -1.59. The molecule has 6 heteroatoms. The minimum absolute atomic E-state index is 0.262. The van der Waals surface area contributed by atoms with Crippen molar-refractivity contribution >= 4 is 0 Å². The number of halogens is 3. The molecule has 0 aromatic heterocycles. The van der Waals surface area contributed by atoms with Crippen molar-refractivity contribution in [1.82, 2.24) is 0 Å². The molecule has 0 fully saturated rings. The molecule has 0 aliphatic heterocycles. The second-order valence-electron chi connectivity index (χ2n) is 3.74. The molecule has 1 unspecified atom stereocenters. The number of nitro groups is 1. The minimum Gasteiger partial charge on any atom is -0.265 e. The van der Waals surface area contributed by atoms with E-state index in [1.165, 1.54) is 12.1 Å². The highest BCUT2D eigenvalue weighted by Gasteiger charge is 2.30. The van der Waals surface area contributed by atoms with Gasteiger partial charge in [-0.2, -0.15) is 13.2 Å². The summed E-state index contributed by atoms with van der Waals surface area (Å²) in [6.45, 7) is 1.51. The molecule has 1 aromatic rings. The van der Waals surface area contributed by atoms with Crippen molar-refractivity contribution in [2.75, 3.05) is 6.54 Å². The normalized spacial score (nSPS) is 13.4. The van der Waals surface area contributed by atoms with E-state index in [0.717, 1.165) is 12.1 Å². The van der Waals surface area contributed by atoms with Gasteiger partial charge in [0, 0.05) is 10.8 Å².